The first kappa shape index (κ1) is 6.05. The third-order valence-corrected chi connectivity index (χ3v) is 3.37. The van der Waals surface area contributed by atoms with Gasteiger partial charge in [0.2, 0.25) is 0 Å². The summed E-state index contributed by atoms with van der Waals surface area (Å²) in [6.45, 7) is 1.34. The SMILES string of the molecule is CSN1CCCC2CC21. The maximum Gasteiger partial charge on any atom is 0.0234 e. The Morgan fingerprint density at radius 1 is 1.56 bits per heavy atom. The molecule has 1 saturated carbocycles. The lowest BCUT2D eigenvalue weighted by Gasteiger charge is -2.22. The van der Waals surface area contributed by atoms with Crippen LogP contribution in [0.4, 0.5) is 0 Å². The van der Waals surface area contributed by atoms with Gasteiger partial charge in [0, 0.05) is 12.6 Å². The molecular weight excluding hydrogens is 130 g/mol. The minimum Gasteiger partial charge on any atom is -0.247 e. The molecule has 1 aliphatic heterocycles. The quantitative estimate of drug-likeness (QED) is 0.514. The first-order valence-corrected chi connectivity index (χ1v) is 4.90. The predicted molar refractivity (Wildman–Crippen MR) is 41.4 cm³/mol. The van der Waals surface area contributed by atoms with Crippen LogP contribution >= 0.6 is 11.9 Å². The Kier molecular flexibility index (Phi) is 1.46. The summed E-state index contributed by atoms with van der Waals surface area (Å²) in [4.78, 5) is 0. The van der Waals surface area contributed by atoms with Gasteiger partial charge in [-0.3, -0.25) is 0 Å². The molecule has 9 heavy (non-hydrogen) atoms. The third kappa shape index (κ3) is 0.987. The first-order chi connectivity index (χ1) is 4.42. The Morgan fingerprint density at radius 3 is 3.11 bits per heavy atom. The van der Waals surface area contributed by atoms with Crippen molar-refractivity contribution in [2.45, 2.75) is 25.3 Å². The van der Waals surface area contributed by atoms with E-state index < -0.39 is 0 Å². The molecule has 0 bridgehead atoms. The zero-order valence-corrected chi connectivity index (χ0v) is 6.66. The summed E-state index contributed by atoms with van der Waals surface area (Å²) in [5, 5.41) is 0. The fourth-order valence-corrected chi connectivity index (χ4v) is 2.64. The lowest BCUT2D eigenvalue weighted by molar-refractivity contribution is 0.368. The fourth-order valence-electron chi connectivity index (χ4n) is 1.80. The van der Waals surface area contributed by atoms with Crippen LogP contribution in [0.5, 0.6) is 0 Å². The van der Waals surface area contributed by atoms with Crippen molar-refractivity contribution in [1.82, 2.24) is 4.31 Å². The van der Waals surface area contributed by atoms with Crippen molar-refractivity contribution in [2.75, 3.05) is 12.8 Å². The van der Waals surface area contributed by atoms with Crippen LogP contribution in [0.15, 0.2) is 0 Å². The van der Waals surface area contributed by atoms with Crippen molar-refractivity contribution in [3.05, 3.63) is 0 Å². The molecule has 1 aliphatic carbocycles. The lowest BCUT2D eigenvalue weighted by atomic mass is 10.2. The van der Waals surface area contributed by atoms with E-state index in [1.54, 1.807) is 0 Å². The molecule has 2 rings (SSSR count). The van der Waals surface area contributed by atoms with Crippen LogP contribution in [-0.2, 0) is 0 Å². The summed E-state index contributed by atoms with van der Waals surface area (Å²) in [5.74, 6) is 1.09. The van der Waals surface area contributed by atoms with Crippen molar-refractivity contribution in [2.24, 2.45) is 5.92 Å². The summed E-state index contributed by atoms with van der Waals surface area (Å²) >= 11 is 1.93. The van der Waals surface area contributed by atoms with E-state index in [1.807, 2.05) is 11.9 Å². The average molecular weight is 143 g/mol. The smallest absolute Gasteiger partial charge is 0.0234 e. The van der Waals surface area contributed by atoms with Gasteiger partial charge in [0.05, 0.1) is 0 Å². The summed E-state index contributed by atoms with van der Waals surface area (Å²) in [5.41, 5.74) is 0. The van der Waals surface area contributed by atoms with Crippen LogP contribution in [0.25, 0.3) is 0 Å². The lowest BCUT2D eigenvalue weighted by Crippen LogP contribution is -2.24. The van der Waals surface area contributed by atoms with Gasteiger partial charge in [-0.15, -0.1) is 0 Å². The fraction of sp³-hybridized carbons (Fsp3) is 1.00. The molecule has 0 N–H and O–H groups in total. The van der Waals surface area contributed by atoms with Crippen molar-refractivity contribution < 1.29 is 0 Å². The second-order valence-corrected chi connectivity index (χ2v) is 3.86. The Balaban J connectivity index is 1.93. The number of rotatable bonds is 1. The largest absolute Gasteiger partial charge is 0.247 e. The zero-order valence-electron chi connectivity index (χ0n) is 5.84. The molecule has 2 fully saturated rings. The van der Waals surface area contributed by atoms with Gasteiger partial charge in [-0.2, -0.15) is 0 Å². The number of hydrogen-bond donors (Lipinski definition) is 0. The van der Waals surface area contributed by atoms with Crippen molar-refractivity contribution in [3.63, 3.8) is 0 Å². The molecular formula is C7H13NS. The third-order valence-electron chi connectivity index (χ3n) is 2.44. The second kappa shape index (κ2) is 2.17. The molecule has 0 aromatic carbocycles. The number of piperidine rings is 1. The topological polar surface area (TPSA) is 3.24 Å². The summed E-state index contributed by atoms with van der Waals surface area (Å²) < 4.78 is 2.55. The molecule has 1 nitrogen and oxygen atoms in total. The molecule has 1 heterocycles. The number of hydrogen-bond acceptors (Lipinski definition) is 2. The van der Waals surface area contributed by atoms with Gasteiger partial charge in [0.25, 0.3) is 0 Å². The van der Waals surface area contributed by atoms with Gasteiger partial charge < -0.3 is 0 Å². The second-order valence-electron chi connectivity index (χ2n) is 3.03. The van der Waals surface area contributed by atoms with E-state index in [0.717, 1.165) is 12.0 Å². The minimum absolute atomic E-state index is 0.980. The zero-order chi connectivity index (χ0) is 6.27. The highest BCUT2D eigenvalue weighted by Gasteiger charge is 2.43. The monoisotopic (exact) mass is 143 g/mol. The molecule has 0 radical (unpaired) electrons. The Morgan fingerprint density at radius 2 is 2.44 bits per heavy atom. The normalized spacial score (nSPS) is 42.3. The van der Waals surface area contributed by atoms with Crippen LogP contribution in [0, 0.1) is 5.92 Å². The molecule has 2 aliphatic rings. The Labute approximate surface area is 60.9 Å². The van der Waals surface area contributed by atoms with Gasteiger partial charge in [-0.25, -0.2) is 4.31 Å². The highest BCUT2D eigenvalue weighted by atomic mass is 32.2. The minimum atomic E-state index is 0.980. The summed E-state index contributed by atoms with van der Waals surface area (Å²) in [6.07, 6.45) is 6.62. The van der Waals surface area contributed by atoms with E-state index in [-0.39, 0.29) is 0 Å². The van der Waals surface area contributed by atoms with Gasteiger partial charge in [-0.05, 0) is 31.4 Å². The van der Waals surface area contributed by atoms with E-state index >= 15 is 0 Å². The van der Waals surface area contributed by atoms with Gasteiger partial charge >= 0.3 is 0 Å². The van der Waals surface area contributed by atoms with Gasteiger partial charge in [0.1, 0.15) is 0 Å². The standard InChI is InChI=1S/C7H13NS/c1-9-8-4-2-3-6-5-7(6)8/h6-7H,2-5H2,1H3. The molecule has 1 saturated heterocycles. The maximum atomic E-state index is 2.55. The Bertz CT molecular complexity index is 115. The molecule has 2 atom stereocenters. The molecule has 0 aromatic heterocycles. The molecule has 2 unspecified atom stereocenters. The van der Waals surface area contributed by atoms with Crippen LogP contribution in [0.2, 0.25) is 0 Å². The molecule has 0 spiro atoms. The van der Waals surface area contributed by atoms with Crippen LogP contribution in [-0.4, -0.2) is 23.1 Å². The molecule has 2 heteroatoms. The van der Waals surface area contributed by atoms with E-state index in [0.29, 0.717) is 0 Å². The average Bonchev–Trinajstić information content (AvgIpc) is 2.64. The first-order valence-electron chi connectivity index (χ1n) is 3.72. The van der Waals surface area contributed by atoms with E-state index in [4.69, 9.17) is 0 Å². The van der Waals surface area contributed by atoms with Crippen molar-refractivity contribution in [1.29, 1.82) is 0 Å². The van der Waals surface area contributed by atoms with Crippen molar-refractivity contribution >= 4 is 11.9 Å². The van der Waals surface area contributed by atoms with Crippen molar-refractivity contribution in [3.8, 4) is 0 Å². The number of nitrogens with zero attached hydrogens (tertiary/aromatic N) is 1. The van der Waals surface area contributed by atoms with E-state index in [2.05, 4.69) is 10.6 Å². The van der Waals surface area contributed by atoms with Crippen LogP contribution in [0.3, 0.4) is 0 Å². The highest BCUT2D eigenvalue weighted by Crippen LogP contribution is 2.45. The molecule has 0 aromatic rings. The maximum absolute atomic E-state index is 2.55. The van der Waals surface area contributed by atoms with E-state index in [1.165, 1.54) is 25.8 Å². The van der Waals surface area contributed by atoms with Gasteiger partial charge in [-0.1, -0.05) is 11.9 Å². The predicted octanol–water partition coefficient (Wildman–Crippen LogP) is 1.75. The van der Waals surface area contributed by atoms with Gasteiger partial charge in [0.15, 0.2) is 0 Å². The molecule has 52 valence electrons. The number of fused-ring (bicyclic) bond motifs is 1. The summed E-state index contributed by atoms with van der Waals surface area (Å²) in [7, 11) is 0. The highest BCUT2D eigenvalue weighted by molar-refractivity contribution is 7.96. The summed E-state index contributed by atoms with van der Waals surface area (Å²) in [6, 6.07) is 0.980. The molecule has 0 amide bonds. The van der Waals surface area contributed by atoms with Crippen LogP contribution in [0.1, 0.15) is 19.3 Å². The Hall–Kier alpha value is 0.310. The van der Waals surface area contributed by atoms with E-state index in [9.17, 15) is 0 Å². The van der Waals surface area contributed by atoms with Crippen LogP contribution < -0.4 is 0 Å².